The summed E-state index contributed by atoms with van der Waals surface area (Å²) in [5.74, 6) is -2.17. The number of aliphatic hydroxyl groups is 1. The van der Waals surface area contributed by atoms with Crippen LogP contribution in [-0.4, -0.2) is 34.2 Å². The molecule has 0 bridgehead atoms. The summed E-state index contributed by atoms with van der Waals surface area (Å²) in [6.07, 6.45) is -1.16. The molecule has 5 heteroatoms. The molecule has 0 aromatic heterocycles. The molecule has 0 aromatic carbocycles. The Morgan fingerprint density at radius 1 is 1.07 bits per heavy atom. The van der Waals surface area contributed by atoms with Crippen LogP contribution in [0.15, 0.2) is 0 Å². The van der Waals surface area contributed by atoms with Crippen molar-refractivity contribution in [2.45, 2.75) is 39.8 Å². The predicted molar refractivity (Wildman–Crippen MR) is 55.2 cm³/mol. The molecular formula is C10H19NO4. The van der Waals surface area contributed by atoms with Crippen LogP contribution in [0.4, 0.5) is 0 Å². The molecule has 0 unspecified atom stereocenters. The second-order valence-corrected chi connectivity index (χ2v) is 4.26. The Bertz CT molecular complexity index is 238. The highest BCUT2D eigenvalue weighted by molar-refractivity contribution is 5.86. The molecule has 0 saturated heterocycles. The standard InChI is InChI=1S/C10H19NO4/c1-5(2)7(10(14)15)11-9(13)8(12)6(3)4/h5-8,12H,1-4H3,(H,11,13)(H,14,15)/t7-,8-/m1/s1. The lowest BCUT2D eigenvalue weighted by Crippen LogP contribution is -2.49. The van der Waals surface area contributed by atoms with Crippen LogP contribution in [0.25, 0.3) is 0 Å². The van der Waals surface area contributed by atoms with Gasteiger partial charge in [0, 0.05) is 0 Å². The molecule has 3 N–H and O–H groups in total. The summed E-state index contributed by atoms with van der Waals surface area (Å²) < 4.78 is 0. The zero-order valence-corrected chi connectivity index (χ0v) is 9.52. The van der Waals surface area contributed by atoms with Crippen LogP contribution in [0.2, 0.25) is 0 Å². The summed E-state index contributed by atoms with van der Waals surface area (Å²) in [5, 5.41) is 20.5. The number of aliphatic hydroxyl groups excluding tert-OH is 1. The minimum absolute atomic E-state index is 0.217. The maximum absolute atomic E-state index is 11.4. The van der Waals surface area contributed by atoms with Crippen LogP contribution in [0, 0.1) is 11.8 Å². The smallest absolute Gasteiger partial charge is 0.326 e. The van der Waals surface area contributed by atoms with Gasteiger partial charge in [-0.05, 0) is 11.8 Å². The normalized spacial score (nSPS) is 15.1. The number of carboxylic acids is 1. The van der Waals surface area contributed by atoms with Crippen molar-refractivity contribution in [3.63, 3.8) is 0 Å². The number of carboxylic acid groups (broad SMARTS) is 1. The second kappa shape index (κ2) is 5.70. The molecule has 0 spiro atoms. The molecule has 0 aliphatic rings. The maximum Gasteiger partial charge on any atom is 0.326 e. The summed E-state index contributed by atoms with van der Waals surface area (Å²) in [4.78, 5) is 22.2. The molecule has 15 heavy (non-hydrogen) atoms. The first-order valence-corrected chi connectivity index (χ1v) is 4.98. The zero-order chi connectivity index (χ0) is 12.2. The third kappa shape index (κ3) is 4.29. The van der Waals surface area contributed by atoms with E-state index in [1.807, 2.05) is 0 Å². The number of amides is 1. The first kappa shape index (κ1) is 13.9. The van der Waals surface area contributed by atoms with Crippen molar-refractivity contribution in [3.8, 4) is 0 Å². The fourth-order valence-electron chi connectivity index (χ4n) is 1.05. The Labute approximate surface area is 89.5 Å². The van der Waals surface area contributed by atoms with Gasteiger partial charge in [0.25, 0.3) is 0 Å². The van der Waals surface area contributed by atoms with Gasteiger partial charge >= 0.3 is 5.97 Å². The number of rotatable bonds is 5. The Balaban J connectivity index is 4.43. The lowest BCUT2D eigenvalue weighted by Gasteiger charge is -2.21. The third-order valence-electron chi connectivity index (χ3n) is 2.13. The van der Waals surface area contributed by atoms with E-state index in [4.69, 9.17) is 5.11 Å². The molecule has 0 rings (SSSR count). The number of carbonyl (C=O) groups excluding carboxylic acids is 1. The first-order valence-electron chi connectivity index (χ1n) is 4.98. The van der Waals surface area contributed by atoms with E-state index in [2.05, 4.69) is 5.32 Å². The van der Waals surface area contributed by atoms with Gasteiger partial charge in [-0.2, -0.15) is 0 Å². The minimum Gasteiger partial charge on any atom is -0.480 e. The number of nitrogens with one attached hydrogen (secondary N) is 1. The van der Waals surface area contributed by atoms with E-state index >= 15 is 0 Å². The molecule has 0 aromatic rings. The summed E-state index contributed by atoms with van der Waals surface area (Å²) in [7, 11) is 0. The van der Waals surface area contributed by atoms with Crippen LogP contribution in [0.1, 0.15) is 27.7 Å². The highest BCUT2D eigenvalue weighted by Crippen LogP contribution is 2.05. The van der Waals surface area contributed by atoms with Crippen molar-refractivity contribution >= 4 is 11.9 Å². The van der Waals surface area contributed by atoms with E-state index < -0.39 is 24.0 Å². The maximum atomic E-state index is 11.4. The fourth-order valence-corrected chi connectivity index (χ4v) is 1.05. The van der Waals surface area contributed by atoms with Gasteiger partial charge in [0.1, 0.15) is 12.1 Å². The highest BCUT2D eigenvalue weighted by atomic mass is 16.4. The Kier molecular flexibility index (Phi) is 5.28. The van der Waals surface area contributed by atoms with Crippen molar-refractivity contribution in [1.82, 2.24) is 5.32 Å². The van der Waals surface area contributed by atoms with Gasteiger partial charge in [-0.3, -0.25) is 4.79 Å². The van der Waals surface area contributed by atoms with Gasteiger partial charge in [-0.15, -0.1) is 0 Å². The van der Waals surface area contributed by atoms with Crippen LogP contribution >= 0.6 is 0 Å². The van der Waals surface area contributed by atoms with E-state index in [0.29, 0.717) is 0 Å². The number of hydrogen-bond acceptors (Lipinski definition) is 3. The SMILES string of the molecule is CC(C)[C@@H](O)C(=O)N[C@@H](C(=O)O)C(C)C. The van der Waals surface area contributed by atoms with Crippen LogP contribution in [0.3, 0.4) is 0 Å². The molecule has 0 saturated carbocycles. The molecule has 0 radical (unpaired) electrons. The van der Waals surface area contributed by atoms with Gasteiger partial charge in [0.15, 0.2) is 0 Å². The monoisotopic (exact) mass is 217 g/mol. The first-order chi connectivity index (χ1) is 6.77. The van der Waals surface area contributed by atoms with Gasteiger partial charge in [0.2, 0.25) is 5.91 Å². The molecule has 2 atom stereocenters. The van der Waals surface area contributed by atoms with E-state index in [1.54, 1.807) is 27.7 Å². The van der Waals surface area contributed by atoms with E-state index in [9.17, 15) is 14.7 Å². The van der Waals surface area contributed by atoms with E-state index in [-0.39, 0.29) is 11.8 Å². The summed E-state index contributed by atoms with van der Waals surface area (Å²) in [6.45, 7) is 6.77. The van der Waals surface area contributed by atoms with Gasteiger partial charge in [-0.25, -0.2) is 4.79 Å². The van der Waals surface area contributed by atoms with Crippen LogP contribution < -0.4 is 5.32 Å². The van der Waals surface area contributed by atoms with Crippen molar-refractivity contribution < 1.29 is 19.8 Å². The van der Waals surface area contributed by atoms with Crippen molar-refractivity contribution in [2.24, 2.45) is 11.8 Å². The molecule has 1 amide bonds. The Morgan fingerprint density at radius 3 is 1.80 bits per heavy atom. The topological polar surface area (TPSA) is 86.6 Å². The fraction of sp³-hybridized carbons (Fsp3) is 0.800. The van der Waals surface area contributed by atoms with Gasteiger partial charge in [0.05, 0.1) is 0 Å². The number of aliphatic carboxylic acids is 1. The van der Waals surface area contributed by atoms with Crippen molar-refractivity contribution in [3.05, 3.63) is 0 Å². The Hall–Kier alpha value is -1.10. The summed E-state index contributed by atoms with van der Waals surface area (Å²) in [6, 6.07) is -0.953. The molecular weight excluding hydrogens is 198 g/mol. The zero-order valence-electron chi connectivity index (χ0n) is 9.52. The Morgan fingerprint density at radius 2 is 1.53 bits per heavy atom. The molecule has 88 valence electrons. The summed E-state index contributed by atoms with van der Waals surface area (Å²) in [5.41, 5.74) is 0. The largest absolute Gasteiger partial charge is 0.480 e. The lowest BCUT2D eigenvalue weighted by atomic mass is 10.0. The van der Waals surface area contributed by atoms with Gasteiger partial charge in [-0.1, -0.05) is 27.7 Å². The molecule has 0 heterocycles. The molecule has 0 aliphatic carbocycles. The van der Waals surface area contributed by atoms with Gasteiger partial charge < -0.3 is 15.5 Å². The average Bonchev–Trinajstić information content (AvgIpc) is 2.11. The molecule has 0 aliphatic heterocycles. The number of hydrogen-bond donors (Lipinski definition) is 3. The third-order valence-corrected chi connectivity index (χ3v) is 2.13. The van der Waals surface area contributed by atoms with Crippen molar-refractivity contribution in [1.29, 1.82) is 0 Å². The highest BCUT2D eigenvalue weighted by Gasteiger charge is 2.27. The lowest BCUT2D eigenvalue weighted by molar-refractivity contribution is -0.145. The second-order valence-electron chi connectivity index (χ2n) is 4.26. The molecule has 5 nitrogen and oxygen atoms in total. The predicted octanol–water partition coefficient (Wildman–Crippen LogP) is 0.229. The number of carbonyl (C=O) groups is 2. The van der Waals surface area contributed by atoms with Crippen LogP contribution in [-0.2, 0) is 9.59 Å². The van der Waals surface area contributed by atoms with Crippen LogP contribution in [0.5, 0.6) is 0 Å². The average molecular weight is 217 g/mol. The van der Waals surface area contributed by atoms with E-state index in [0.717, 1.165) is 0 Å². The van der Waals surface area contributed by atoms with E-state index in [1.165, 1.54) is 0 Å². The van der Waals surface area contributed by atoms with Crippen molar-refractivity contribution in [2.75, 3.05) is 0 Å². The minimum atomic E-state index is -1.16. The summed E-state index contributed by atoms with van der Waals surface area (Å²) >= 11 is 0. The quantitative estimate of drug-likeness (QED) is 0.615. The molecule has 0 fully saturated rings.